The number of rotatable bonds is 2. The lowest BCUT2D eigenvalue weighted by molar-refractivity contribution is -0.107. The van der Waals surface area contributed by atoms with Crippen LogP contribution in [0.1, 0.15) is 39.0 Å². The molecule has 0 heterocycles. The van der Waals surface area contributed by atoms with E-state index in [1.54, 1.807) is 0 Å². The highest BCUT2D eigenvalue weighted by molar-refractivity contribution is 5.54. The molecule has 56 valence electrons. The minimum atomic E-state index is 0.672. The largest absolute Gasteiger partial charge is 0.303 e. The van der Waals surface area contributed by atoms with E-state index in [4.69, 9.17) is 0 Å². The maximum absolute atomic E-state index is 10.2. The van der Waals surface area contributed by atoms with Gasteiger partial charge < -0.3 is 4.79 Å². The molecule has 0 spiro atoms. The lowest BCUT2D eigenvalue weighted by Crippen LogP contribution is -1.97. The molecule has 1 heteroatoms. The number of carbonyl (C=O) groups is 1. The Morgan fingerprint density at radius 1 is 1.40 bits per heavy atom. The van der Waals surface area contributed by atoms with Gasteiger partial charge in [0.25, 0.3) is 0 Å². The second-order valence-electron chi connectivity index (χ2n) is 2.96. The molecule has 0 amide bonds. The zero-order valence-electron chi connectivity index (χ0n) is 6.52. The normalized spacial score (nSPS) is 19.3. The predicted octanol–water partition coefficient (Wildman–Crippen LogP) is 2.47. The molecule has 1 nitrogen and oxygen atoms in total. The lowest BCUT2D eigenvalue weighted by atomic mass is 9.91. The number of allylic oxidation sites excluding steroid dienone is 2. The predicted molar refractivity (Wildman–Crippen MR) is 41.8 cm³/mol. The second kappa shape index (κ2) is 3.55. The van der Waals surface area contributed by atoms with Crippen molar-refractivity contribution in [3.8, 4) is 0 Å². The van der Waals surface area contributed by atoms with Gasteiger partial charge in [-0.15, -0.1) is 0 Å². The maximum Gasteiger partial charge on any atom is 0.124 e. The first-order valence-corrected chi connectivity index (χ1v) is 3.95. The molecule has 0 aromatic heterocycles. The fourth-order valence-corrected chi connectivity index (χ4v) is 1.50. The molecule has 0 unspecified atom stereocenters. The van der Waals surface area contributed by atoms with Crippen molar-refractivity contribution in [2.45, 2.75) is 39.0 Å². The fourth-order valence-electron chi connectivity index (χ4n) is 1.50. The quantitative estimate of drug-likeness (QED) is 0.423. The van der Waals surface area contributed by atoms with Gasteiger partial charge in [0.2, 0.25) is 0 Å². The first-order chi connectivity index (χ1) is 4.84. The van der Waals surface area contributed by atoms with E-state index in [0.717, 1.165) is 12.7 Å². The summed E-state index contributed by atoms with van der Waals surface area (Å²) in [4.78, 5) is 10.2. The monoisotopic (exact) mass is 138 g/mol. The van der Waals surface area contributed by atoms with Crippen LogP contribution in [-0.2, 0) is 4.79 Å². The summed E-state index contributed by atoms with van der Waals surface area (Å²) in [5.74, 6) is 0. The Bertz CT molecular complexity index is 156. The molecule has 0 saturated carbocycles. The highest BCUT2D eigenvalue weighted by Crippen LogP contribution is 2.25. The summed E-state index contributed by atoms with van der Waals surface area (Å²) >= 11 is 0. The van der Waals surface area contributed by atoms with Gasteiger partial charge in [0.1, 0.15) is 6.29 Å². The van der Waals surface area contributed by atoms with Crippen molar-refractivity contribution in [1.29, 1.82) is 0 Å². The number of carbonyl (C=O) groups excluding carboxylic acids is 1. The average molecular weight is 138 g/mol. The molecule has 1 aliphatic carbocycles. The number of hydrogen-bond donors (Lipinski definition) is 0. The molecule has 0 aromatic carbocycles. The van der Waals surface area contributed by atoms with Gasteiger partial charge in [-0.2, -0.15) is 0 Å². The van der Waals surface area contributed by atoms with Gasteiger partial charge >= 0.3 is 0 Å². The van der Waals surface area contributed by atoms with Crippen molar-refractivity contribution >= 4 is 6.29 Å². The van der Waals surface area contributed by atoms with Gasteiger partial charge in [0.05, 0.1) is 0 Å². The highest BCUT2D eigenvalue weighted by atomic mass is 16.1. The van der Waals surface area contributed by atoms with Crippen molar-refractivity contribution < 1.29 is 4.79 Å². The van der Waals surface area contributed by atoms with E-state index in [-0.39, 0.29) is 0 Å². The van der Waals surface area contributed by atoms with Crippen LogP contribution in [0.2, 0.25) is 0 Å². The molecule has 0 aliphatic heterocycles. The van der Waals surface area contributed by atoms with Crippen LogP contribution in [-0.4, -0.2) is 6.29 Å². The zero-order chi connectivity index (χ0) is 7.40. The summed E-state index contributed by atoms with van der Waals surface area (Å²) in [6.07, 6.45) is 6.65. The summed E-state index contributed by atoms with van der Waals surface area (Å²) in [7, 11) is 0. The molecule has 0 radical (unpaired) electrons. The van der Waals surface area contributed by atoms with E-state index in [0.29, 0.717) is 6.42 Å². The average Bonchev–Trinajstić information content (AvgIpc) is 1.94. The van der Waals surface area contributed by atoms with Crippen LogP contribution >= 0.6 is 0 Å². The molecule has 0 N–H and O–H groups in total. The SMILES string of the molecule is CC1=C(CC=O)CCCC1. The standard InChI is InChI=1S/C9H14O/c1-8-4-2-3-5-9(8)6-7-10/h7H,2-6H2,1H3. The number of hydrogen-bond acceptors (Lipinski definition) is 1. The lowest BCUT2D eigenvalue weighted by Gasteiger charge is -2.15. The van der Waals surface area contributed by atoms with E-state index in [1.807, 2.05) is 0 Å². The Morgan fingerprint density at radius 3 is 2.70 bits per heavy atom. The molecule has 0 fully saturated rings. The Labute approximate surface area is 62.1 Å². The molecule has 0 atom stereocenters. The summed E-state index contributed by atoms with van der Waals surface area (Å²) in [6, 6.07) is 0. The van der Waals surface area contributed by atoms with E-state index in [2.05, 4.69) is 6.92 Å². The third kappa shape index (κ3) is 1.69. The minimum Gasteiger partial charge on any atom is -0.303 e. The number of aldehydes is 1. The van der Waals surface area contributed by atoms with Crippen LogP contribution < -0.4 is 0 Å². The summed E-state index contributed by atoms with van der Waals surface area (Å²) in [5, 5.41) is 0. The zero-order valence-corrected chi connectivity index (χ0v) is 6.52. The Balaban J connectivity index is 2.58. The highest BCUT2D eigenvalue weighted by Gasteiger charge is 2.07. The van der Waals surface area contributed by atoms with Gasteiger partial charge in [0.15, 0.2) is 0 Å². The van der Waals surface area contributed by atoms with Gasteiger partial charge in [-0.1, -0.05) is 11.1 Å². The van der Waals surface area contributed by atoms with E-state index in [1.165, 1.54) is 30.4 Å². The van der Waals surface area contributed by atoms with Crippen LogP contribution in [0.5, 0.6) is 0 Å². The van der Waals surface area contributed by atoms with Gasteiger partial charge in [-0.05, 0) is 32.6 Å². The minimum absolute atomic E-state index is 0.672. The topological polar surface area (TPSA) is 17.1 Å². The first-order valence-electron chi connectivity index (χ1n) is 3.95. The second-order valence-corrected chi connectivity index (χ2v) is 2.96. The fraction of sp³-hybridized carbons (Fsp3) is 0.667. The van der Waals surface area contributed by atoms with E-state index >= 15 is 0 Å². The van der Waals surface area contributed by atoms with Crippen molar-refractivity contribution in [1.82, 2.24) is 0 Å². The molecule has 0 saturated heterocycles. The van der Waals surface area contributed by atoms with Crippen molar-refractivity contribution in [3.05, 3.63) is 11.1 Å². The summed E-state index contributed by atoms with van der Waals surface area (Å²) in [6.45, 7) is 2.15. The summed E-state index contributed by atoms with van der Waals surface area (Å²) in [5.41, 5.74) is 2.85. The smallest absolute Gasteiger partial charge is 0.124 e. The molecule has 0 aromatic rings. The van der Waals surface area contributed by atoms with Gasteiger partial charge in [-0.3, -0.25) is 0 Å². The van der Waals surface area contributed by atoms with Crippen molar-refractivity contribution in [2.75, 3.05) is 0 Å². The third-order valence-electron chi connectivity index (χ3n) is 2.21. The van der Waals surface area contributed by atoms with E-state index < -0.39 is 0 Å². The Hall–Kier alpha value is -0.590. The molecular weight excluding hydrogens is 124 g/mol. The molecule has 1 aliphatic rings. The van der Waals surface area contributed by atoms with Gasteiger partial charge in [-0.25, -0.2) is 0 Å². The Morgan fingerprint density at radius 2 is 2.10 bits per heavy atom. The maximum atomic E-state index is 10.2. The van der Waals surface area contributed by atoms with Crippen LogP contribution in [0.4, 0.5) is 0 Å². The van der Waals surface area contributed by atoms with Crippen molar-refractivity contribution in [2.24, 2.45) is 0 Å². The third-order valence-corrected chi connectivity index (χ3v) is 2.21. The van der Waals surface area contributed by atoms with E-state index in [9.17, 15) is 4.79 Å². The van der Waals surface area contributed by atoms with Gasteiger partial charge in [0, 0.05) is 6.42 Å². The van der Waals surface area contributed by atoms with Crippen LogP contribution in [0, 0.1) is 0 Å². The molecule has 1 rings (SSSR count). The Kier molecular flexibility index (Phi) is 2.67. The van der Waals surface area contributed by atoms with Crippen LogP contribution in [0.15, 0.2) is 11.1 Å². The summed E-state index contributed by atoms with van der Waals surface area (Å²) < 4.78 is 0. The van der Waals surface area contributed by atoms with Crippen LogP contribution in [0.3, 0.4) is 0 Å². The molecule has 0 bridgehead atoms. The molecule has 10 heavy (non-hydrogen) atoms. The molecular formula is C9H14O. The van der Waals surface area contributed by atoms with Crippen molar-refractivity contribution in [3.63, 3.8) is 0 Å². The van der Waals surface area contributed by atoms with Crippen LogP contribution in [0.25, 0.3) is 0 Å². The first kappa shape index (κ1) is 7.52.